The van der Waals surface area contributed by atoms with Gasteiger partial charge in [0, 0.05) is 5.02 Å². The Bertz CT molecular complexity index is 701. The molecule has 0 bridgehead atoms. The third-order valence-electron chi connectivity index (χ3n) is 2.82. The molecule has 2 aromatic carbocycles. The standard InChI is InChI=1S/C15H10Cl2F3NO/c16-11-4-5-12(17)13(8-11)21-14(22)7-9-2-1-3-10(6-9)15(18,19)20/h1-6,8H,7H2,(H,21,22). The molecule has 0 unspecified atom stereocenters. The van der Waals surface area contributed by atoms with Crippen molar-refractivity contribution in [2.24, 2.45) is 0 Å². The van der Waals surface area contributed by atoms with Crippen LogP contribution < -0.4 is 5.32 Å². The Morgan fingerprint density at radius 3 is 2.50 bits per heavy atom. The van der Waals surface area contributed by atoms with E-state index in [1.54, 1.807) is 6.07 Å². The van der Waals surface area contributed by atoms with Gasteiger partial charge in [-0.05, 0) is 29.8 Å². The number of carbonyl (C=O) groups excluding carboxylic acids is 1. The summed E-state index contributed by atoms with van der Waals surface area (Å²) >= 11 is 11.7. The van der Waals surface area contributed by atoms with E-state index in [-0.39, 0.29) is 12.0 Å². The van der Waals surface area contributed by atoms with Gasteiger partial charge < -0.3 is 5.32 Å². The van der Waals surface area contributed by atoms with Gasteiger partial charge in [0.15, 0.2) is 0 Å². The second-order valence-corrected chi connectivity index (χ2v) is 5.39. The van der Waals surface area contributed by atoms with Crippen molar-refractivity contribution in [1.82, 2.24) is 0 Å². The van der Waals surface area contributed by atoms with Crippen molar-refractivity contribution < 1.29 is 18.0 Å². The van der Waals surface area contributed by atoms with Crippen LogP contribution in [0.15, 0.2) is 42.5 Å². The molecule has 0 atom stereocenters. The fraction of sp³-hybridized carbons (Fsp3) is 0.133. The van der Waals surface area contributed by atoms with Crippen LogP contribution in [-0.4, -0.2) is 5.91 Å². The lowest BCUT2D eigenvalue weighted by Crippen LogP contribution is -2.15. The van der Waals surface area contributed by atoms with Gasteiger partial charge in [-0.25, -0.2) is 0 Å². The number of hydrogen-bond donors (Lipinski definition) is 1. The van der Waals surface area contributed by atoms with Gasteiger partial charge in [0.05, 0.1) is 22.7 Å². The van der Waals surface area contributed by atoms with Crippen LogP contribution in [0.5, 0.6) is 0 Å². The highest BCUT2D eigenvalue weighted by molar-refractivity contribution is 6.35. The van der Waals surface area contributed by atoms with E-state index in [2.05, 4.69) is 5.32 Å². The Kier molecular flexibility index (Phi) is 4.98. The van der Waals surface area contributed by atoms with Gasteiger partial charge in [0.1, 0.15) is 0 Å². The molecule has 116 valence electrons. The highest BCUT2D eigenvalue weighted by atomic mass is 35.5. The molecule has 0 spiro atoms. The number of nitrogens with one attached hydrogen (secondary N) is 1. The Balaban J connectivity index is 2.11. The summed E-state index contributed by atoms with van der Waals surface area (Å²) in [6, 6.07) is 9.16. The normalized spacial score (nSPS) is 11.3. The quantitative estimate of drug-likeness (QED) is 0.812. The molecule has 0 saturated heterocycles. The molecule has 0 saturated carbocycles. The molecule has 22 heavy (non-hydrogen) atoms. The fourth-order valence-electron chi connectivity index (χ4n) is 1.83. The third-order valence-corrected chi connectivity index (χ3v) is 3.39. The summed E-state index contributed by atoms with van der Waals surface area (Å²) in [6.07, 6.45) is -4.64. The van der Waals surface area contributed by atoms with Crippen LogP contribution in [0.1, 0.15) is 11.1 Å². The van der Waals surface area contributed by atoms with E-state index >= 15 is 0 Å². The maximum Gasteiger partial charge on any atom is 0.416 e. The molecule has 0 aliphatic rings. The van der Waals surface area contributed by atoms with Crippen LogP contribution in [-0.2, 0) is 17.4 Å². The van der Waals surface area contributed by atoms with Crippen molar-refractivity contribution in [3.05, 3.63) is 63.6 Å². The van der Waals surface area contributed by atoms with Gasteiger partial charge >= 0.3 is 6.18 Å². The lowest BCUT2D eigenvalue weighted by atomic mass is 10.1. The molecule has 2 aromatic rings. The first-order valence-corrected chi connectivity index (χ1v) is 6.92. The number of carbonyl (C=O) groups is 1. The van der Waals surface area contributed by atoms with E-state index in [1.807, 2.05) is 0 Å². The Morgan fingerprint density at radius 1 is 1.09 bits per heavy atom. The van der Waals surface area contributed by atoms with E-state index in [9.17, 15) is 18.0 Å². The topological polar surface area (TPSA) is 29.1 Å². The molecule has 2 rings (SSSR count). The van der Waals surface area contributed by atoms with Crippen molar-refractivity contribution in [3.63, 3.8) is 0 Å². The first-order valence-electron chi connectivity index (χ1n) is 6.17. The largest absolute Gasteiger partial charge is 0.416 e. The molecule has 0 aliphatic heterocycles. The molecule has 1 N–H and O–H groups in total. The van der Waals surface area contributed by atoms with Crippen molar-refractivity contribution in [3.8, 4) is 0 Å². The number of amides is 1. The zero-order chi connectivity index (χ0) is 16.3. The van der Waals surface area contributed by atoms with E-state index < -0.39 is 17.6 Å². The van der Waals surface area contributed by atoms with Crippen LogP contribution in [0.3, 0.4) is 0 Å². The number of anilines is 1. The Hall–Kier alpha value is -1.72. The monoisotopic (exact) mass is 347 g/mol. The predicted molar refractivity (Wildman–Crippen MR) is 80.2 cm³/mol. The van der Waals surface area contributed by atoms with Gasteiger partial charge in [-0.15, -0.1) is 0 Å². The minimum Gasteiger partial charge on any atom is -0.324 e. The lowest BCUT2D eigenvalue weighted by Gasteiger charge is -2.10. The summed E-state index contributed by atoms with van der Waals surface area (Å²) in [5.41, 5.74) is -0.227. The maximum atomic E-state index is 12.6. The average molecular weight is 348 g/mol. The second kappa shape index (κ2) is 6.58. The zero-order valence-corrected chi connectivity index (χ0v) is 12.6. The van der Waals surface area contributed by atoms with E-state index in [4.69, 9.17) is 23.2 Å². The smallest absolute Gasteiger partial charge is 0.324 e. The molecule has 0 heterocycles. The molecule has 2 nitrogen and oxygen atoms in total. The molecule has 0 radical (unpaired) electrons. The molecule has 7 heteroatoms. The predicted octanol–water partition coefficient (Wildman–Crippen LogP) is 5.19. The molecular formula is C15H10Cl2F3NO. The zero-order valence-electron chi connectivity index (χ0n) is 11.0. The van der Waals surface area contributed by atoms with Crippen LogP contribution in [0, 0.1) is 0 Å². The first-order chi connectivity index (χ1) is 10.3. The number of rotatable bonds is 3. The number of alkyl halides is 3. The Labute approximate surface area is 134 Å². The number of hydrogen-bond acceptors (Lipinski definition) is 1. The van der Waals surface area contributed by atoms with Crippen LogP contribution in [0.4, 0.5) is 18.9 Å². The number of halogens is 5. The minimum absolute atomic E-state index is 0.202. The summed E-state index contributed by atoms with van der Waals surface area (Å²) < 4.78 is 37.9. The highest BCUT2D eigenvalue weighted by Gasteiger charge is 2.30. The van der Waals surface area contributed by atoms with Crippen molar-refractivity contribution >= 4 is 34.8 Å². The summed E-state index contributed by atoms with van der Waals surface area (Å²) in [7, 11) is 0. The fourth-order valence-corrected chi connectivity index (χ4v) is 2.17. The second-order valence-electron chi connectivity index (χ2n) is 4.55. The summed E-state index contributed by atoms with van der Waals surface area (Å²) in [5, 5.41) is 3.20. The summed E-state index contributed by atoms with van der Waals surface area (Å²) in [4.78, 5) is 11.9. The SMILES string of the molecule is O=C(Cc1cccc(C(F)(F)F)c1)Nc1cc(Cl)ccc1Cl. The third kappa shape index (κ3) is 4.39. The van der Waals surface area contributed by atoms with E-state index in [0.717, 1.165) is 12.1 Å². The van der Waals surface area contributed by atoms with Crippen molar-refractivity contribution in [2.45, 2.75) is 12.6 Å². The van der Waals surface area contributed by atoms with E-state index in [1.165, 1.54) is 24.3 Å². The van der Waals surface area contributed by atoms with Gasteiger partial charge in [-0.2, -0.15) is 13.2 Å². The molecular weight excluding hydrogens is 338 g/mol. The molecule has 1 amide bonds. The summed E-state index contributed by atoms with van der Waals surface area (Å²) in [5.74, 6) is -0.483. The van der Waals surface area contributed by atoms with Gasteiger partial charge in [-0.1, -0.05) is 41.4 Å². The van der Waals surface area contributed by atoms with Gasteiger partial charge in [0.25, 0.3) is 0 Å². The molecule has 0 aromatic heterocycles. The minimum atomic E-state index is -4.44. The van der Waals surface area contributed by atoms with Crippen molar-refractivity contribution in [2.75, 3.05) is 5.32 Å². The molecule has 0 aliphatic carbocycles. The van der Waals surface area contributed by atoms with Crippen LogP contribution >= 0.6 is 23.2 Å². The van der Waals surface area contributed by atoms with E-state index in [0.29, 0.717) is 15.7 Å². The van der Waals surface area contributed by atoms with Crippen LogP contribution in [0.2, 0.25) is 10.0 Å². The molecule has 0 fully saturated rings. The van der Waals surface area contributed by atoms with Gasteiger partial charge in [0.2, 0.25) is 5.91 Å². The maximum absolute atomic E-state index is 12.6. The average Bonchev–Trinajstić information content (AvgIpc) is 2.42. The highest BCUT2D eigenvalue weighted by Crippen LogP contribution is 2.30. The van der Waals surface area contributed by atoms with Gasteiger partial charge in [-0.3, -0.25) is 4.79 Å². The lowest BCUT2D eigenvalue weighted by molar-refractivity contribution is -0.137. The first kappa shape index (κ1) is 16.6. The van der Waals surface area contributed by atoms with Crippen LogP contribution in [0.25, 0.3) is 0 Å². The Morgan fingerprint density at radius 2 is 1.82 bits per heavy atom. The summed E-state index contributed by atoms with van der Waals surface area (Å²) in [6.45, 7) is 0. The number of benzene rings is 2. The van der Waals surface area contributed by atoms with Crippen molar-refractivity contribution in [1.29, 1.82) is 0 Å².